The third kappa shape index (κ3) is 5.25. The zero-order valence-electron chi connectivity index (χ0n) is 19.6. The van der Waals surface area contributed by atoms with Gasteiger partial charge in [0.25, 0.3) is 11.5 Å². The second-order valence-electron chi connectivity index (χ2n) is 9.01. The molecule has 35 heavy (non-hydrogen) atoms. The maximum atomic E-state index is 13.2. The molecule has 1 N–H and O–H groups in total. The Balaban J connectivity index is 1.43. The number of hydrogen-bond donors (Lipinski definition) is 1. The van der Waals surface area contributed by atoms with Crippen LogP contribution in [0.5, 0.6) is 5.75 Å². The summed E-state index contributed by atoms with van der Waals surface area (Å²) >= 11 is 5.71. The Hall–Kier alpha value is -3.57. The van der Waals surface area contributed by atoms with Gasteiger partial charge in [0.2, 0.25) is 0 Å². The zero-order chi connectivity index (χ0) is 24.4. The number of pyridine rings is 1. The van der Waals surface area contributed by atoms with Crippen molar-refractivity contribution in [3.63, 3.8) is 0 Å². The highest BCUT2D eigenvalue weighted by atomic mass is 35.5. The average Bonchev–Trinajstić information content (AvgIpc) is 3.69. The van der Waals surface area contributed by atoms with Crippen molar-refractivity contribution in [1.82, 2.24) is 9.88 Å². The topological polar surface area (TPSA) is 60.3 Å². The number of ether oxygens (including phenoxy) is 1. The summed E-state index contributed by atoms with van der Waals surface area (Å²) < 4.78 is 7.30. The van der Waals surface area contributed by atoms with E-state index in [9.17, 15) is 9.59 Å². The molecule has 0 radical (unpaired) electrons. The Morgan fingerprint density at radius 2 is 1.94 bits per heavy atom. The molecule has 0 saturated heterocycles. The van der Waals surface area contributed by atoms with Gasteiger partial charge in [-0.3, -0.25) is 9.59 Å². The van der Waals surface area contributed by atoms with Crippen LogP contribution in [-0.2, 0) is 6.54 Å². The molecule has 5 nitrogen and oxygen atoms in total. The molecule has 0 unspecified atom stereocenters. The van der Waals surface area contributed by atoms with Crippen molar-refractivity contribution in [1.29, 1.82) is 0 Å². The Bertz CT molecular complexity index is 1460. The van der Waals surface area contributed by atoms with E-state index in [0.717, 1.165) is 46.2 Å². The first-order chi connectivity index (χ1) is 17.0. The first kappa shape index (κ1) is 23.2. The molecule has 6 heteroatoms. The molecule has 0 bridgehead atoms. The van der Waals surface area contributed by atoms with Crippen molar-refractivity contribution in [2.24, 2.45) is 0 Å². The average molecular weight is 487 g/mol. The number of nitrogens with one attached hydrogen (secondary N) is 1. The predicted molar refractivity (Wildman–Crippen MR) is 141 cm³/mol. The van der Waals surface area contributed by atoms with E-state index in [2.05, 4.69) is 5.32 Å². The summed E-state index contributed by atoms with van der Waals surface area (Å²) in [6.45, 7) is 2.92. The maximum Gasteiger partial charge on any atom is 0.258 e. The number of amides is 1. The van der Waals surface area contributed by atoms with Crippen LogP contribution in [0.4, 0.5) is 0 Å². The number of nitrogens with zero attached hydrogens (tertiary/aromatic N) is 1. The molecular weight excluding hydrogens is 460 g/mol. The van der Waals surface area contributed by atoms with Gasteiger partial charge in [-0.15, -0.1) is 11.6 Å². The summed E-state index contributed by atoms with van der Waals surface area (Å²) in [4.78, 5) is 25.8. The first-order valence-electron chi connectivity index (χ1n) is 11.8. The second kappa shape index (κ2) is 9.96. The number of aromatic nitrogens is 1. The molecule has 1 aliphatic rings. The van der Waals surface area contributed by atoms with E-state index in [-0.39, 0.29) is 11.5 Å². The number of benzene rings is 3. The van der Waals surface area contributed by atoms with Crippen LogP contribution in [0.15, 0.2) is 77.7 Å². The van der Waals surface area contributed by atoms with Crippen molar-refractivity contribution in [3.8, 4) is 16.9 Å². The van der Waals surface area contributed by atoms with Crippen LogP contribution in [0, 0.1) is 6.92 Å². The molecule has 3 aromatic carbocycles. The minimum Gasteiger partial charge on any atom is -0.492 e. The number of hydrogen-bond acceptors (Lipinski definition) is 3. The normalized spacial score (nSPS) is 13.1. The van der Waals surface area contributed by atoms with E-state index in [0.29, 0.717) is 36.0 Å². The lowest BCUT2D eigenvalue weighted by Crippen LogP contribution is -2.25. The predicted octanol–water partition coefficient (Wildman–Crippen LogP) is 5.54. The number of alkyl halides is 1. The lowest BCUT2D eigenvalue weighted by Gasteiger charge is -2.12. The Kier molecular flexibility index (Phi) is 6.60. The van der Waals surface area contributed by atoms with Crippen LogP contribution in [0.25, 0.3) is 21.9 Å². The van der Waals surface area contributed by atoms with Gasteiger partial charge in [0.1, 0.15) is 12.4 Å². The minimum atomic E-state index is -0.0459. The van der Waals surface area contributed by atoms with Crippen LogP contribution in [0.2, 0.25) is 0 Å². The molecule has 1 aromatic heterocycles. The van der Waals surface area contributed by atoms with Gasteiger partial charge in [-0.2, -0.15) is 0 Å². The highest BCUT2D eigenvalue weighted by Crippen LogP contribution is 2.28. The molecule has 1 fully saturated rings. The summed E-state index contributed by atoms with van der Waals surface area (Å²) in [5, 5.41) is 4.58. The van der Waals surface area contributed by atoms with Gasteiger partial charge < -0.3 is 14.6 Å². The number of halogens is 1. The molecular formula is C29H27ClN2O3. The largest absolute Gasteiger partial charge is 0.492 e. The fourth-order valence-electron chi connectivity index (χ4n) is 4.24. The van der Waals surface area contributed by atoms with E-state index >= 15 is 0 Å². The van der Waals surface area contributed by atoms with E-state index in [1.54, 1.807) is 4.57 Å². The Labute approximate surface area is 209 Å². The molecule has 0 aliphatic heterocycles. The molecule has 1 saturated carbocycles. The first-order valence-corrected chi connectivity index (χ1v) is 12.4. The third-order valence-corrected chi connectivity index (χ3v) is 6.45. The van der Waals surface area contributed by atoms with Crippen LogP contribution in [0.3, 0.4) is 0 Å². The summed E-state index contributed by atoms with van der Waals surface area (Å²) in [5.41, 5.74) is 4.65. The quantitative estimate of drug-likeness (QED) is 0.333. The van der Waals surface area contributed by atoms with E-state index in [1.807, 2.05) is 79.9 Å². The van der Waals surface area contributed by atoms with Crippen molar-refractivity contribution in [2.75, 3.05) is 12.5 Å². The summed E-state index contributed by atoms with van der Waals surface area (Å²) in [6.07, 6.45) is 3.94. The second-order valence-corrected chi connectivity index (χ2v) is 9.39. The van der Waals surface area contributed by atoms with E-state index in [1.165, 1.54) is 0 Å². The molecule has 0 spiro atoms. The number of carbonyl (C=O) groups is 1. The van der Waals surface area contributed by atoms with Gasteiger partial charge in [0.15, 0.2) is 0 Å². The summed E-state index contributed by atoms with van der Waals surface area (Å²) in [7, 11) is 0. The lowest BCUT2D eigenvalue weighted by atomic mass is 9.96. The van der Waals surface area contributed by atoms with Gasteiger partial charge in [0, 0.05) is 23.2 Å². The number of rotatable bonds is 8. The molecule has 178 valence electrons. The molecule has 5 rings (SSSR count). The number of carbonyl (C=O) groups excluding carboxylic acids is 1. The molecule has 1 aliphatic carbocycles. The zero-order valence-corrected chi connectivity index (χ0v) is 20.3. The number of fused-ring (bicyclic) bond motifs is 1. The monoisotopic (exact) mass is 486 g/mol. The highest BCUT2D eigenvalue weighted by molar-refractivity contribution is 6.18. The van der Waals surface area contributed by atoms with Crippen molar-refractivity contribution >= 4 is 28.3 Å². The van der Waals surface area contributed by atoms with Crippen LogP contribution in [0.1, 0.15) is 34.3 Å². The maximum absolute atomic E-state index is 13.2. The summed E-state index contributed by atoms with van der Waals surface area (Å²) in [6, 6.07) is 21.6. The van der Waals surface area contributed by atoms with Crippen molar-refractivity contribution in [3.05, 3.63) is 100.0 Å². The van der Waals surface area contributed by atoms with Gasteiger partial charge in [0.05, 0.1) is 12.4 Å². The molecule has 4 aromatic rings. The fraction of sp³-hybridized carbons (Fsp3) is 0.241. The van der Waals surface area contributed by atoms with Gasteiger partial charge in [-0.25, -0.2) is 0 Å². The van der Waals surface area contributed by atoms with Gasteiger partial charge in [-0.05, 0) is 89.9 Å². The van der Waals surface area contributed by atoms with E-state index < -0.39 is 0 Å². The molecule has 0 atom stereocenters. The van der Waals surface area contributed by atoms with Crippen molar-refractivity contribution < 1.29 is 9.53 Å². The highest BCUT2D eigenvalue weighted by Gasteiger charge is 2.24. The Morgan fingerprint density at radius 1 is 1.09 bits per heavy atom. The van der Waals surface area contributed by atoms with Crippen LogP contribution in [-0.4, -0.2) is 29.0 Å². The van der Waals surface area contributed by atoms with Crippen molar-refractivity contribution in [2.45, 2.75) is 32.4 Å². The molecule has 1 amide bonds. The Morgan fingerprint density at radius 3 is 2.74 bits per heavy atom. The third-order valence-electron chi connectivity index (χ3n) is 6.30. The minimum absolute atomic E-state index is 0.0328. The van der Waals surface area contributed by atoms with E-state index in [4.69, 9.17) is 16.3 Å². The van der Waals surface area contributed by atoms with Gasteiger partial charge >= 0.3 is 0 Å². The van der Waals surface area contributed by atoms with Crippen LogP contribution < -0.4 is 15.6 Å². The number of aryl methyl sites for hydroxylation is 1. The standard InChI is InChI=1S/C29H27ClN2O3/c1-19-5-6-23(28(33)31-24-8-9-24)17-27(19)21-7-10-26-22(16-21)11-13-32(29(26)34)18-20-3-2-4-25(15-20)35-14-12-30/h2-7,10-11,13,15-17,24H,8-9,12,14,18H2,1H3,(H,31,33). The fourth-order valence-corrected chi connectivity index (χ4v) is 4.31. The molecule has 1 heterocycles. The van der Waals surface area contributed by atoms with Crippen LogP contribution >= 0.6 is 11.6 Å². The lowest BCUT2D eigenvalue weighted by molar-refractivity contribution is 0.0951. The SMILES string of the molecule is Cc1ccc(C(=O)NC2CC2)cc1-c1ccc2c(=O)n(Cc3cccc(OCCCl)c3)ccc2c1. The summed E-state index contributed by atoms with van der Waals surface area (Å²) in [5.74, 6) is 1.13. The van der Waals surface area contributed by atoms with Gasteiger partial charge in [-0.1, -0.05) is 24.3 Å². The smallest absolute Gasteiger partial charge is 0.258 e.